The van der Waals surface area contributed by atoms with Gasteiger partial charge in [-0.25, -0.2) is 0 Å². The molecule has 33 heavy (non-hydrogen) atoms. The van der Waals surface area contributed by atoms with Crippen LogP contribution >= 0.6 is 11.8 Å². The molecule has 1 unspecified atom stereocenters. The van der Waals surface area contributed by atoms with Crippen molar-refractivity contribution < 1.29 is 13.9 Å². The van der Waals surface area contributed by atoms with Gasteiger partial charge < -0.3 is 19.5 Å². The molecule has 2 aromatic heterocycles. The van der Waals surface area contributed by atoms with E-state index in [1.807, 2.05) is 36.5 Å². The second-order valence-corrected chi connectivity index (χ2v) is 8.85. The van der Waals surface area contributed by atoms with Gasteiger partial charge in [0.15, 0.2) is 0 Å². The molecule has 1 amide bonds. The fourth-order valence-corrected chi connectivity index (χ4v) is 4.51. The zero-order valence-corrected chi connectivity index (χ0v) is 18.9. The van der Waals surface area contributed by atoms with Gasteiger partial charge in [-0.2, -0.15) is 0 Å². The van der Waals surface area contributed by atoms with Crippen LogP contribution in [0.1, 0.15) is 5.56 Å². The highest BCUT2D eigenvalue weighted by Gasteiger charge is 2.21. The number of nitrogens with one attached hydrogen (secondary N) is 2. The normalized spacial score (nSPS) is 16.8. The predicted molar refractivity (Wildman–Crippen MR) is 127 cm³/mol. The minimum absolute atomic E-state index is 0.0201. The second kappa shape index (κ2) is 10.2. The molecule has 2 aromatic carbocycles. The van der Waals surface area contributed by atoms with Crippen molar-refractivity contribution in [3.63, 3.8) is 0 Å². The van der Waals surface area contributed by atoms with E-state index in [1.54, 1.807) is 0 Å². The number of carbonyl (C=O) groups excluding carboxylic acids is 1. The van der Waals surface area contributed by atoms with E-state index >= 15 is 0 Å². The number of amides is 1. The third kappa shape index (κ3) is 5.44. The first-order valence-corrected chi connectivity index (χ1v) is 11.9. The maximum Gasteiger partial charge on any atom is 0.277 e. The SMILES string of the molecule is O=C(CSc1nnc(-c2c[nH]c3ccccc23)o1)NCC1CN(Cc2ccccc2)CCO1. The zero-order valence-electron chi connectivity index (χ0n) is 18.1. The Hall–Kier alpha value is -3.14. The molecule has 0 saturated carbocycles. The van der Waals surface area contributed by atoms with Crippen LogP contribution < -0.4 is 5.32 Å². The Morgan fingerprint density at radius 1 is 1.15 bits per heavy atom. The van der Waals surface area contributed by atoms with Gasteiger partial charge in [-0.15, -0.1) is 10.2 Å². The number of H-pyrrole nitrogens is 1. The number of hydrogen-bond acceptors (Lipinski definition) is 7. The molecule has 1 aliphatic heterocycles. The fourth-order valence-electron chi connectivity index (χ4n) is 3.92. The number of aromatic amines is 1. The van der Waals surface area contributed by atoms with Crippen LogP contribution in [0.3, 0.4) is 0 Å². The molecule has 0 bridgehead atoms. The Bertz CT molecular complexity index is 1210. The number of nitrogens with zero attached hydrogens (tertiary/aromatic N) is 3. The molecule has 1 atom stereocenters. The summed E-state index contributed by atoms with van der Waals surface area (Å²) in [7, 11) is 0. The third-order valence-corrected chi connectivity index (χ3v) is 6.37. The van der Waals surface area contributed by atoms with Gasteiger partial charge in [0.25, 0.3) is 11.1 Å². The number of morpholine rings is 1. The van der Waals surface area contributed by atoms with Crippen LogP contribution in [0.25, 0.3) is 22.4 Å². The summed E-state index contributed by atoms with van der Waals surface area (Å²) in [5, 5.41) is 12.6. The van der Waals surface area contributed by atoms with Gasteiger partial charge in [0.1, 0.15) is 0 Å². The molecular weight excluding hydrogens is 438 g/mol. The summed E-state index contributed by atoms with van der Waals surface area (Å²) in [5.41, 5.74) is 3.14. The maximum absolute atomic E-state index is 12.3. The molecule has 0 radical (unpaired) electrons. The van der Waals surface area contributed by atoms with Gasteiger partial charge in [0.2, 0.25) is 5.91 Å². The zero-order chi connectivity index (χ0) is 22.5. The van der Waals surface area contributed by atoms with Crippen LogP contribution in [0.4, 0.5) is 0 Å². The molecule has 1 fully saturated rings. The molecule has 9 heteroatoms. The van der Waals surface area contributed by atoms with E-state index < -0.39 is 0 Å². The molecule has 2 N–H and O–H groups in total. The topological polar surface area (TPSA) is 96.3 Å². The number of rotatable bonds is 8. The van der Waals surface area contributed by atoms with Gasteiger partial charge in [-0.3, -0.25) is 9.69 Å². The van der Waals surface area contributed by atoms with E-state index in [1.165, 1.54) is 17.3 Å². The fraction of sp³-hybridized carbons (Fsp3) is 0.292. The van der Waals surface area contributed by atoms with Crippen molar-refractivity contribution in [2.45, 2.75) is 17.9 Å². The summed E-state index contributed by atoms with van der Waals surface area (Å²) < 4.78 is 11.6. The minimum atomic E-state index is -0.0874. The number of carbonyl (C=O) groups is 1. The lowest BCUT2D eigenvalue weighted by atomic mass is 10.2. The maximum atomic E-state index is 12.3. The van der Waals surface area contributed by atoms with Crippen molar-refractivity contribution in [3.8, 4) is 11.5 Å². The number of thioether (sulfide) groups is 1. The summed E-state index contributed by atoms with van der Waals surface area (Å²) >= 11 is 1.23. The van der Waals surface area contributed by atoms with Gasteiger partial charge in [0.05, 0.1) is 24.0 Å². The Morgan fingerprint density at radius 3 is 2.91 bits per heavy atom. The van der Waals surface area contributed by atoms with Crippen molar-refractivity contribution >= 4 is 28.6 Å². The summed E-state index contributed by atoms with van der Waals surface area (Å²) in [6, 6.07) is 18.3. The highest BCUT2D eigenvalue weighted by molar-refractivity contribution is 7.99. The number of para-hydroxylation sites is 1. The molecule has 1 saturated heterocycles. The lowest BCUT2D eigenvalue weighted by Gasteiger charge is -2.33. The van der Waals surface area contributed by atoms with Gasteiger partial charge in [0, 0.05) is 43.3 Å². The van der Waals surface area contributed by atoms with E-state index in [0.29, 0.717) is 24.3 Å². The van der Waals surface area contributed by atoms with Crippen LogP contribution in [-0.2, 0) is 16.1 Å². The molecule has 4 aromatic rings. The largest absolute Gasteiger partial charge is 0.411 e. The monoisotopic (exact) mass is 463 g/mol. The van der Waals surface area contributed by atoms with Crippen molar-refractivity contribution in [3.05, 3.63) is 66.4 Å². The summed E-state index contributed by atoms with van der Waals surface area (Å²) in [6.45, 7) is 3.72. The van der Waals surface area contributed by atoms with E-state index in [4.69, 9.17) is 9.15 Å². The number of hydrogen-bond donors (Lipinski definition) is 2. The molecule has 5 rings (SSSR count). The van der Waals surface area contributed by atoms with Crippen molar-refractivity contribution in [1.82, 2.24) is 25.4 Å². The molecule has 3 heterocycles. The number of fused-ring (bicyclic) bond motifs is 1. The average Bonchev–Trinajstić information content (AvgIpc) is 3.49. The average molecular weight is 464 g/mol. The van der Waals surface area contributed by atoms with Crippen LogP contribution in [-0.4, -0.2) is 64.1 Å². The Morgan fingerprint density at radius 2 is 2.00 bits per heavy atom. The van der Waals surface area contributed by atoms with E-state index in [-0.39, 0.29) is 17.8 Å². The highest BCUT2D eigenvalue weighted by atomic mass is 32.2. The first kappa shape index (κ1) is 21.7. The van der Waals surface area contributed by atoms with Crippen molar-refractivity contribution in [1.29, 1.82) is 0 Å². The van der Waals surface area contributed by atoms with Gasteiger partial charge in [-0.05, 0) is 11.6 Å². The lowest BCUT2D eigenvalue weighted by Crippen LogP contribution is -2.47. The standard InChI is InChI=1S/C24H25N5O3S/c30-22(26-12-18-15-29(10-11-31-18)14-17-6-2-1-3-7-17)16-33-24-28-27-23(32-24)20-13-25-21-9-5-4-8-19(20)21/h1-9,13,18,25H,10-12,14-16H2,(H,26,30). The molecule has 0 aliphatic carbocycles. The number of benzene rings is 2. The first-order valence-electron chi connectivity index (χ1n) is 10.9. The van der Waals surface area contributed by atoms with Crippen molar-refractivity contribution in [2.24, 2.45) is 0 Å². The number of ether oxygens (including phenoxy) is 1. The molecule has 0 spiro atoms. The van der Waals surface area contributed by atoms with Crippen LogP contribution in [0, 0.1) is 0 Å². The second-order valence-electron chi connectivity index (χ2n) is 7.93. The van der Waals surface area contributed by atoms with Crippen LogP contribution in [0.15, 0.2) is 70.4 Å². The molecular formula is C24H25N5O3S. The summed E-state index contributed by atoms with van der Waals surface area (Å²) in [6.07, 6.45) is 1.83. The van der Waals surface area contributed by atoms with Crippen LogP contribution in [0.5, 0.6) is 0 Å². The minimum Gasteiger partial charge on any atom is -0.411 e. The van der Waals surface area contributed by atoms with E-state index in [2.05, 4.69) is 49.7 Å². The van der Waals surface area contributed by atoms with Gasteiger partial charge in [-0.1, -0.05) is 60.3 Å². The van der Waals surface area contributed by atoms with Gasteiger partial charge >= 0.3 is 0 Å². The summed E-state index contributed by atoms with van der Waals surface area (Å²) in [5.74, 6) is 0.552. The predicted octanol–water partition coefficient (Wildman–Crippen LogP) is 3.33. The quantitative estimate of drug-likeness (QED) is 0.387. The van der Waals surface area contributed by atoms with Crippen molar-refractivity contribution in [2.75, 3.05) is 32.0 Å². The Balaban J connectivity index is 1.08. The Kier molecular flexibility index (Phi) is 6.71. The molecule has 170 valence electrons. The lowest BCUT2D eigenvalue weighted by molar-refractivity contribution is -0.119. The molecule has 1 aliphatic rings. The Labute approximate surface area is 195 Å². The highest BCUT2D eigenvalue weighted by Crippen LogP contribution is 2.29. The van der Waals surface area contributed by atoms with E-state index in [0.717, 1.165) is 36.1 Å². The summed E-state index contributed by atoms with van der Waals surface area (Å²) in [4.78, 5) is 17.9. The van der Waals surface area contributed by atoms with Crippen LogP contribution in [0.2, 0.25) is 0 Å². The number of aromatic nitrogens is 3. The third-order valence-electron chi connectivity index (χ3n) is 5.55. The first-order chi connectivity index (χ1) is 16.2. The van der Waals surface area contributed by atoms with E-state index in [9.17, 15) is 4.79 Å². The molecule has 8 nitrogen and oxygen atoms in total. The smallest absolute Gasteiger partial charge is 0.277 e.